The van der Waals surface area contributed by atoms with E-state index in [1.807, 2.05) is 24.3 Å². The van der Waals surface area contributed by atoms with Gasteiger partial charge in [-0.15, -0.1) is 0 Å². The molecule has 1 fully saturated rings. The van der Waals surface area contributed by atoms with Gasteiger partial charge in [0.2, 0.25) is 0 Å². The Balaban J connectivity index is 1.43. The summed E-state index contributed by atoms with van der Waals surface area (Å²) in [5.74, 6) is 0.671. The number of unbranched alkanes of at least 4 members (excludes halogenated alkanes) is 1. The van der Waals surface area contributed by atoms with E-state index in [1.54, 1.807) is 12.1 Å². The number of ether oxygens (including phenoxy) is 3. The first-order valence-corrected chi connectivity index (χ1v) is 20.8. The molecule has 0 bridgehead atoms. The number of benzene rings is 2. The van der Waals surface area contributed by atoms with Crippen molar-refractivity contribution in [3.63, 3.8) is 0 Å². The molecular weight excluding hydrogens is 480 g/mol. The summed E-state index contributed by atoms with van der Waals surface area (Å²) in [7, 11) is -2.04. The molecule has 198 valence electrons. The van der Waals surface area contributed by atoms with E-state index in [-0.39, 0.29) is 12.3 Å². The van der Waals surface area contributed by atoms with E-state index in [0.717, 1.165) is 38.0 Å². The summed E-state index contributed by atoms with van der Waals surface area (Å²) in [6.07, 6.45) is 5.51. The Labute approximate surface area is 220 Å². The van der Waals surface area contributed by atoms with Crippen molar-refractivity contribution >= 4 is 22.1 Å². The van der Waals surface area contributed by atoms with Gasteiger partial charge in [0.1, 0.15) is 5.75 Å². The molecule has 1 aliphatic rings. The topological polar surface area (TPSA) is 44.8 Å². The lowest BCUT2D eigenvalue weighted by molar-refractivity contribution is -0.206. The first-order chi connectivity index (χ1) is 17.0. The summed E-state index contributed by atoms with van der Waals surface area (Å²) in [5.41, 5.74) is 4.32. The van der Waals surface area contributed by atoms with Crippen LogP contribution < -0.4 is 4.74 Å². The lowest BCUT2D eigenvalue weighted by Crippen LogP contribution is -2.37. The smallest absolute Gasteiger partial charge is 0.343 e. The number of esters is 1. The van der Waals surface area contributed by atoms with Gasteiger partial charge in [-0.2, -0.15) is 0 Å². The largest absolute Gasteiger partial charge is 0.423 e. The average molecular weight is 527 g/mol. The van der Waals surface area contributed by atoms with Crippen molar-refractivity contribution in [3.8, 4) is 5.75 Å². The summed E-state index contributed by atoms with van der Waals surface area (Å²) in [6.45, 7) is 16.2. The lowest BCUT2D eigenvalue weighted by Gasteiger charge is -2.29. The number of aryl methyl sites for hydroxylation is 1. The monoisotopic (exact) mass is 526 g/mol. The number of hydrogen-bond acceptors (Lipinski definition) is 4. The third kappa shape index (κ3) is 9.62. The van der Waals surface area contributed by atoms with Crippen LogP contribution in [0.1, 0.15) is 60.4 Å². The number of rotatable bonds is 12. The third-order valence-corrected chi connectivity index (χ3v) is 16.6. The van der Waals surface area contributed by atoms with Gasteiger partial charge >= 0.3 is 5.97 Å². The van der Waals surface area contributed by atoms with Crippen molar-refractivity contribution < 1.29 is 19.0 Å². The Morgan fingerprint density at radius 1 is 0.917 bits per heavy atom. The molecule has 1 heterocycles. The van der Waals surface area contributed by atoms with Crippen LogP contribution in [0.2, 0.25) is 44.4 Å². The van der Waals surface area contributed by atoms with E-state index in [1.165, 1.54) is 30.1 Å². The molecule has 0 radical (unpaired) electrons. The molecule has 3 rings (SSSR count). The van der Waals surface area contributed by atoms with Gasteiger partial charge in [-0.1, -0.05) is 88.5 Å². The lowest BCUT2D eigenvalue weighted by atomic mass is 10.1. The third-order valence-electron chi connectivity index (χ3n) is 6.79. The van der Waals surface area contributed by atoms with Crippen LogP contribution in [0.5, 0.6) is 5.75 Å². The molecule has 2 aromatic rings. The molecule has 1 aliphatic heterocycles. The zero-order chi connectivity index (χ0) is 26.2. The van der Waals surface area contributed by atoms with Crippen LogP contribution in [0.15, 0.2) is 48.5 Å². The predicted molar refractivity (Wildman–Crippen MR) is 154 cm³/mol. The maximum Gasteiger partial charge on any atom is 0.343 e. The molecule has 6 heteroatoms. The second kappa shape index (κ2) is 13.2. The quantitative estimate of drug-likeness (QED) is 0.121. The fourth-order valence-corrected chi connectivity index (χ4v) is 18.8. The number of hydrogen-bond donors (Lipinski definition) is 0. The summed E-state index contributed by atoms with van der Waals surface area (Å²) >= 11 is 0. The second-order valence-corrected chi connectivity index (χ2v) is 23.8. The van der Waals surface area contributed by atoms with Crippen LogP contribution >= 0.6 is 0 Å². The highest BCUT2D eigenvalue weighted by molar-refractivity contribution is 6.94. The Morgan fingerprint density at radius 2 is 1.56 bits per heavy atom. The maximum absolute atomic E-state index is 12.6. The van der Waals surface area contributed by atoms with E-state index < -0.39 is 16.1 Å². The van der Waals surface area contributed by atoms with Gasteiger partial charge in [-0.25, -0.2) is 4.79 Å². The van der Waals surface area contributed by atoms with Crippen LogP contribution in [0, 0.1) is 5.92 Å². The van der Waals surface area contributed by atoms with Gasteiger partial charge < -0.3 is 14.2 Å². The normalized spacial score (nSPS) is 18.7. The molecule has 0 aromatic heterocycles. The van der Waals surface area contributed by atoms with Crippen LogP contribution in [-0.2, 0) is 15.9 Å². The summed E-state index contributed by atoms with van der Waals surface area (Å²) in [6, 6.07) is 16.7. The van der Waals surface area contributed by atoms with Crippen LogP contribution in [0.25, 0.3) is 0 Å². The van der Waals surface area contributed by atoms with Gasteiger partial charge in [0.05, 0.1) is 18.8 Å². The fraction of sp³-hybridized carbons (Fsp3) is 0.567. The van der Waals surface area contributed by atoms with Gasteiger partial charge in [-0.05, 0) is 49.1 Å². The average Bonchev–Trinajstić information content (AvgIpc) is 2.82. The Hall–Kier alpha value is -1.74. The summed E-state index contributed by atoms with van der Waals surface area (Å²) < 4.78 is 17.3. The van der Waals surface area contributed by atoms with E-state index in [0.29, 0.717) is 17.2 Å². The van der Waals surface area contributed by atoms with Crippen molar-refractivity contribution in [1.82, 2.24) is 0 Å². The van der Waals surface area contributed by atoms with Gasteiger partial charge in [-0.3, -0.25) is 0 Å². The summed E-state index contributed by atoms with van der Waals surface area (Å²) in [4.78, 5) is 12.6. The molecule has 0 amide bonds. The van der Waals surface area contributed by atoms with Gasteiger partial charge in [0.25, 0.3) is 0 Å². The zero-order valence-electron chi connectivity index (χ0n) is 23.3. The molecule has 0 spiro atoms. The minimum atomic E-state index is -1.07. The molecule has 0 N–H and O–H groups in total. The second-order valence-electron chi connectivity index (χ2n) is 12.4. The van der Waals surface area contributed by atoms with Crippen molar-refractivity contribution in [2.45, 2.75) is 89.8 Å². The molecular formula is C30H46O4Si2. The molecule has 1 saturated heterocycles. The SMILES string of the molecule is CCCC1COC(c2ccc(OC(=O)c3ccc(CCCC[Si](C)(C)C[Si](C)(C)C)cc3)cc2)OC1. The van der Waals surface area contributed by atoms with Crippen LogP contribution in [-0.4, -0.2) is 35.3 Å². The Morgan fingerprint density at radius 3 is 2.14 bits per heavy atom. The molecule has 0 unspecified atom stereocenters. The standard InChI is InChI=1S/C30H46O4Si2/c1-7-10-25-21-32-30(33-22-25)27-16-18-28(19-17-27)34-29(31)26-14-12-24(13-15-26)11-8-9-20-36(5,6)23-35(2,3)4/h12-19,25,30H,7-11,20-23H2,1-6H3. The molecule has 0 atom stereocenters. The predicted octanol–water partition coefficient (Wildman–Crippen LogP) is 8.28. The van der Waals surface area contributed by atoms with Crippen molar-refractivity contribution in [2.24, 2.45) is 5.92 Å². The fourth-order valence-electron chi connectivity index (χ4n) is 5.43. The van der Waals surface area contributed by atoms with Gasteiger partial charge in [0.15, 0.2) is 6.29 Å². The van der Waals surface area contributed by atoms with E-state index >= 15 is 0 Å². The highest BCUT2D eigenvalue weighted by Crippen LogP contribution is 2.28. The van der Waals surface area contributed by atoms with E-state index in [9.17, 15) is 4.79 Å². The first kappa shape index (κ1) is 28.8. The van der Waals surface area contributed by atoms with E-state index in [4.69, 9.17) is 14.2 Å². The molecule has 0 aliphatic carbocycles. The molecule has 4 nitrogen and oxygen atoms in total. The van der Waals surface area contributed by atoms with Crippen molar-refractivity contribution in [2.75, 3.05) is 13.2 Å². The molecule has 36 heavy (non-hydrogen) atoms. The van der Waals surface area contributed by atoms with Crippen molar-refractivity contribution in [3.05, 3.63) is 65.2 Å². The molecule has 0 saturated carbocycles. The Kier molecular flexibility index (Phi) is 10.6. The van der Waals surface area contributed by atoms with Crippen molar-refractivity contribution in [1.29, 1.82) is 0 Å². The maximum atomic E-state index is 12.6. The zero-order valence-corrected chi connectivity index (χ0v) is 25.3. The number of carbonyl (C=O) groups is 1. The highest BCUT2D eigenvalue weighted by atomic mass is 28.4. The first-order valence-electron chi connectivity index (χ1n) is 13.7. The minimum Gasteiger partial charge on any atom is -0.423 e. The van der Waals surface area contributed by atoms with E-state index in [2.05, 4.69) is 51.8 Å². The highest BCUT2D eigenvalue weighted by Gasteiger charge is 2.28. The van der Waals surface area contributed by atoms with Gasteiger partial charge in [0, 0.05) is 27.6 Å². The summed E-state index contributed by atoms with van der Waals surface area (Å²) in [5, 5.41) is 0. The van der Waals surface area contributed by atoms with Crippen LogP contribution in [0.4, 0.5) is 0 Å². The number of carbonyl (C=O) groups excluding carboxylic acids is 1. The Bertz CT molecular complexity index is 940. The van der Waals surface area contributed by atoms with Crippen LogP contribution in [0.3, 0.4) is 0 Å². The molecule has 2 aromatic carbocycles. The minimum absolute atomic E-state index is 0.332.